The SMILES string of the molecule is CCNC1CC(C)CC(C)C1N1CC(C)(C)OC(C)(C)C1. The highest BCUT2D eigenvalue weighted by atomic mass is 16.5. The molecule has 3 heteroatoms. The average molecular weight is 296 g/mol. The first-order valence-corrected chi connectivity index (χ1v) is 8.81. The molecular formula is C18H36N2O. The van der Waals surface area contributed by atoms with Gasteiger partial charge in [-0.15, -0.1) is 0 Å². The summed E-state index contributed by atoms with van der Waals surface area (Å²) in [4.78, 5) is 2.72. The van der Waals surface area contributed by atoms with Crippen LogP contribution in [0, 0.1) is 11.8 Å². The van der Waals surface area contributed by atoms with Gasteiger partial charge in [0.05, 0.1) is 11.2 Å². The van der Waals surface area contributed by atoms with Crippen molar-refractivity contribution in [2.24, 2.45) is 11.8 Å². The molecule has 0 spiro atoms. The van der Waals surface area contributed by atoms with E-state index in [1.165, 1.54) is 12.8 Å². The minimum Gasteiger partial charge on any atom is -0.367 e. The van der Waals surface area contributed by atoms with Crippen LogP contribution in [0.3, 0.4) is 0 Å². The van der Waals surface area contributed by atoms with E-state index in [1.807, 2.05) is 0 Å². The van der Waals surface area contributed by atoms with Gasteiger partial charge >= 0.3 is 0 Å². The molecule has 4 atom stereocenters. The molecule has 4 unspecified atom stereocenters. The molecule has 1 saturated heterocycles. The van der Waals surface area contributed by atoms with Crippen LogP contribution in [0.1, 0.15) is 61.3 Å². The maximum absolute atomic E-state index is 6.27. The van der Waals surface area contributed by atoms with Crippen molar-refractivity contribution >= 4 is 0 Å². The second-order valence-corrected chi connectivity index (χ2v) is 8.74. The van der Waals surface area contributed by atoms with Gasteiger partial charge in [-0.25, -0.2) is 0 Å². The highest BCUT2D eigenvalue weighted by molar-refractivity contribution is 4.99. The number of hydrogen-bond acceptors (Lipinski definition) is 3. The number of hydrogen-bond donors (Lipinski definition) is 1. The van der Waals surface area contributed by atoms with Gasteiger partial charge in [0.25, 0.3) is 0 Å². The van der Waals surface area contributed by atoms with E-state index >= 15 is 0 Å². The molecule has 0 aromatic carbocycles. The van der Waals surface area contributed by atoms with E-state index in [9.17, 15) is 0 Å². The molecule has 1 aliphatic carbocycles. The third-order valence-electron chi connectivity index (χ3n) is 5.03. The highest BCUT2D eigenvalue weighted by Crippen LogP contribution is 2.37. The smallest absolute Gasteiger partial charge is 0.0760 e. The molecule has 2 fully saturated rings. The van der Waals surface area contributed by atoms with Crippen LogP contribution < -0.4 is 5.32 Å². The Kier molecular flexibility index (Phi) is 5.07. The summed E-state index contributed by atoms with van der Waals surface area (Å²) in [6, 6.07) is 1.27. The molecule has 0 aromatic heterocycles. The molecule has 2 rings (SSSR count). The van der Waals surface area contributed by atoms with E-state index in [0.717, 1.165) is 31.5 Å². The van der Waals surface area contributed by atoms with E-state index < -0.39 is 0 Å². The summed E-state index contributed by atoms with van der Waals surface area (Å²) in [5.41, 5.74) is -0.109. The van der Waals surface area contributed by atoms with Crippen molar-refractivity contribution in [3.8, 4) is 0 Å². The number of nitrogens with one attached hydrogen (secondary N) is 1. The second-order valence-electron chi connectivity index (χ2n) is 8.74. The normalized spacial score (nSPS) is 40.1. The first-order chi connectivity index (χ1) is 9.63. The van der Waals surface area contributed by atoms with Gasteiger partial charge in [0.15, 0.2) is 0 Å². The van der Waals surface area contributed by atoms with Crippen molar-refractivity contribution < 1.29 is 4.74 Å². The quantitative estimate of drug-likeness (QED) is 0.865. The summed E-state index contributed by atoms with van der Waals surface area (Å²) < 4.78 is 6.27. The summed E-state index contributed by atoms with van der Waals surface area (Å²) in [6.07, 6.45) is 2.66. The predicted octanol–water partition coefficient (Wildman–Crippen LogP) is 3.29. The van der Waals surface area contributed by atoms with Crippen molar-refractivity contribution in [1.29, 1.82) is 0 Å². The summed E-state index contributed by atoms with van der Waals surface area (Å²) in [5.74, 6) is 1.59. The zero-order valence-electron chi connectivity index (χ0n) is 15.2. The largest absolute Gasteiger partial charge is 0.367 e. The van der Waals surface area contributed by atoms with Gasteiger partial charge in [0, 0.05) is 25.2 Å². The number of morpholine rings is 1. The van der Waals surface area contributed by atoms with Crippen LogP contribution in [-0.2, 0) is 4.74 Å². The highest BCUT2D eigenvalue weighted by Gasteiger charge is 2.45. The van der Waals surface area contributed by atoms with Gasteiger partial charge in [-0.2, -0.15) is 0 Å². The maximum Gasteiger partial charge on any atom is 0.0760 e. The van der Waals surface area contributed by atoms with Crippen molar-refractivity contribution in [3.63, 3.8) is 0 Å². The van der Waals surface area contributed by atoms with Crippen molar-refractivity contribution in [1.82, 2.24) is 10.2 Å². The van der Waals surface area contributed by atoms with Gasteiger partial charge in [0.1, 0.15) is 0 Å². The number of likely N-dealkylation sites (N-methyl/N-ethyl adjacent to an activating group) is 1. The van der Waals surface area contributed by atoms with Crippen LogP contribution in [0.15, 0.2) is 0 Å². The monoisotopic (exact) mass is 296 g/mol. The van der Waals surface area contributed by atoms with Crippen LogP contribution in [-0.4, -0.2) is 47.8 Å². The van der Waals surface area contributed by atoms with Gasteiger partial charge in [-0.1, -0.05) is 20.8 Å². The summed E-state index contributed by atoms with van der Waals surface area (Å²) in [7, 11) is 0. The fourth-order valence-corrected chi connectivity index (χ4v) is 4.98. The third-order valence-corrected chi connectivity index (χ3v) is 5.03. The first-order valence-electron chi connectivity index (χ1n) is 8.81. The second kappa shape index (κ2) is 6.17. The maximum atomic E-state index is 6.27. The van der Waals surface area contributed by atoms with Crippen molar-refractivity contribution in [2.45, 2.75) is 84.6 Å². The summed E-state index contributed by atoms with van der Waals surface area (Å²) >= 11 is 0. The Labute approximate surface area is 131 Å². The molecule has 2 aliphatic rings. The molecule has 1 heterocycles. The van der Waals surface area contributed by atoms with Gasteiger partial charge in [-0.05, 0) is 58.9 Å². The minimum absolute atomic E-state index is 0.0543. The fraction of sp³-hybridized carbons (Fsp3) is 1.00. The Hall–Kier alpha value is -0.120. The molecule has 1 aliphatic heterocycles. The lowest BCUT2D eigenvalue weighted by Crippen LogP contribution is -2.65. The Bertz CT molecular complexity index is 337. The third kappa shape index (κ3) is 4.20. The van der Waals surface area contributed by atoms with Crippen LogP contribution in [0.2, 0.25) is 0 Å². The topological polar surface area (TPSA) is 24.5 Å². The number of rotatable bonds is 3. The Morgan fingerprint density at radius 3 is 2.14 bits per heavy atom. The lowest BCUT2D eigenvalue weighted by atomic mass is 9.75. The molecule has 0 amide bonds. The molecule has 0 aromatic rings. The Balaban J connectivity index is 2.19. The van der Waals surface area contributed by atoms with Crippen LogP contribution in [0.5, 0.6) is 0 Å². The first kappa shape index (κ1) is 17.2. The summed E-state index contributed by atoms with van der Waals surface area (Å²) in [5, 5.41) is 3.76. The van der Waals surface area contributed by atoms with E-state index in [-0.39, 0.29) is 11.2 Å². The zero-order chi connectivity index (χ0) is 15.8. The molecule has 3 nitrogen and oxygen atoms in total. The molecule has 0 bridgehead atoms. The molecule has 21 heavy (non-hydrogen) atoms. The molecule has 1 saturated carbocycles. The molecule has 0 radical (unpaired) electrons. The Morgan fingerprint density at radius 1 is 1.05 bits per heavy atom. The summed E-state index contributed by atoms with van der Waals surface area (Å²) in [6.45, 7) is 19.2. The predicted molar refractivity (Wildman–Crippen MR) is 89.6 cm³/mol. The minimum atomic E-state index is -0.0543. The standard InChI is InChI=1S/C18H36N2O/c1-8-19-15-10-13(2)9-14(3)16(15)20-11-17(4,5)21-18(6,7)12-20/h13-16,19H,8-12H2,1-7H3. The zero-order valence-corrected chi connectivity index (χ0v) is 15.2. The number of nitrogens with zero attached hydrogens (tertiary/aromatic N) is 1. The lowest BCUT2D eigenvalue weighted by Gasteiger charge is -2.54. The molecule has 124 valence electrons. The molecule has 1 N–H and O–H groups in total. The molecular weight excluding hydrogens is 260 g/mol. The van der Waals surface area contributed by atoms with Crippen LogP contribution in [0.25, 0.3) is 0 Å². The van der Waals surface area contributed by atoms with Crippen molar-refractivity contribution in [3.05, 3.63) is 0 Å². The van der Waals surface area contributed by atoms with Gasteiger partial charge in [0.2, 0.25) is 0 Å². The van der Waals surface area contributed by atoms with Crippen LogP contribution >= 0.6 is 0 Å². The lowest BCUT2D eigenvalue weighted by molar-refractivity contribution is -0.194. The van der Waals surface area contributed by atoms with Crippen molar-refractivity contribution in [2.75, 3.05) is 19.6 Å². The van der Waals surface area contributed by atoms with Gasteiger partial charge in [-0.3, -0.25) is 4.90 Å². The number of ether oxygens (including phenoxy) is 1. The van der Waals surface area contributed by atoms with E-state index in [2.05, 4.69) is 58.7 Å². The van der Waals surface area contributed by atoms with Crippen LogP contribution in [0.4, 0.5) is 0 Å². The van der Waals surface area contributed by atoms with Gasteiger partial charge < -0.3 is 10.1 Å². The fourth-order valence-electron chi connectivity index (χ4n) is 4.98. The van der Waals surface area contributed by atoms with E-state index in [4.69, 9.17) is 4.74 Å². The van der Waals surface area contributed by atoms with E-state index in [1.54, 1.807) is 0 Å². The Morgan fingerprint density at radius 2 is 1.62 bits per heavy atom. The van der Waals surface area contributed by atoms with E-state index in [0.29, 0.717) is 12.1 Å². The average Bonchev–Trinajstić information content (AvgIpc) is 2.23.